The molecule has 6 heteroatoms. The van der Waals surface area contributed by atoms with Gasteiger partial charge in [-0.05, 0) is 26.7 Å². The number of carbonyl (C=O) groups is 1. The summed E-state index contributed by atoms with van der Waals surface area (Å²) < 4.78 is 31.5. The number of hydrogen-bond donors (Lipinski definition) is 1. The van der Waals surface area contributed by atoms with E-state index in [-0.39, 0.29) is 4.90 Å². The number of amides is 1. The highest BCUT2D eigenvalue weighted by atomic mass is 32.2. The Morgan fingerprint density at radius 2 is 2.00 bits per heavy atom. The second-order valence-corrected chi connectivity index (χ2v) is 6.78. The SMILES string of the molecule is Cc1cc(S(=O)(=O)NC(=O)C2(C)CCC2)c(C)o1. The smallest absolute Gasteiger partial charge is 0.267 e. The molecule has 18 heavy (non-hydrogen) atoms. The largest absolute Gasteiger partial charge is 0.465 e. The van der Waals surface area contributed by atoms with Crippen molar-refractivity contribution >= 4 is 15.9 Å². The molecule has 1 amide bonds. The van der Waals surface area contributed by atoms with E-state index in [0.29, 0.717) is 11.5 Å². The number of furan rings is 1. The number of nitrogens with one attached hydrogen (secondary N) is 1. The van der Waals surface area contributed by atoms with Gasteiger partial charge in [0.15, 0.2) is 0 Å². The molecule has 0 atom stereocenters. The molecule has 0 aliphatic heterocycles. The maximum Gasteiger partial charge on any atom is 0.267 e. The minimum Gasteiger partial charge on any atom is -0.465 e. The van der Waals surface area contributed by atoms with Gasteiger partial charge in [-0.3, -0.25) is 4.79 Å². The Bertz CT molecular complexity index is 581. The minimum absolute atomic E-state index is 0.0382. The van der Waals surface area contributed by atoms with Crippen molar-refractivity contribution in [3.05, 3.63) is 17.6 Å². The van der Waals surface area contributed by atoms with Crippen LogP contribution in [-0.2, 0) is 14.8 Å². The van der Waals surface area contributed by atoms with Gasteiger partial charge >= 0.3 is 0 Å². The number of aryl methyl sites for hydroxylation is 2. The summed E-state index contributed by atoms with van der Waals surface area (Å²) in [7, 11) is -3.82. The maximum absolute atomic E-state index is 12.1. The Labute approximate surface area is 107 Å². The van der Waals surface area contributed by atoms with Crippen molar-refractivity contribution in [3.63, 3.8) is 0 Å². The van der Waals surface area contributed by atoms with Crippen LogP contribution in [0.4, 0.5) is 0 Å². The van der Waals surface area contributed by atoms with E-state index >= 15 is 0 Å². The van der Waals surface area contributed by atoms with E-state index in [1.54, 1.807) is 20.8 Å². The Hall–Kier alpha value is -1.30. The lowest BCUT2D eigenvalue weighted by molar-refractivity contribution is -0.132. The zero-order valence-corrected chi connectivity index (χ0v) is 11.6. The first-order valence-corrected chi connectivity index (χ1v) is 7.37. The Morgan fingerprint density at radius 3 is 2.39 bits per heavy atom. The van der Waals surface area contributed by atoms with Gasteiger partial charge in [0, 0.05) is 11.5 Å². The van der Waals surface area contributed by atoms with E-state index in [9.17, 15) is 13.2 Å². The average molecular weight is 271 g/mol. The summed E-state index contributed by atoms with van der Waals surface area (Å²) >= 11 is 0. The monoisotopic (exact) mass is 271 g/mol. The third-order valence-corrected chi connectivity index (χ3v) is 4.96. The Kier molecular flexibility index (Phi) is 3.01. The van der Waals surface area contributed by atoms with Crippen LogP contribution in [0.2, 0.25) is 0 Å². The summed E-state index contributed by atoms with van der Waals surface area (Å²) in [5, 5.41) is 0. The van der Waals surface area contributed by atoms with Crippen molar-refractivity contribution in [3.8, 4) is 0 Å². The Morgan fingerprint density at radius 1 is 1.39 bits per heavy atom. The first-order chi connectivity index (χ1) is 8.24. The lowest BCUT2D eigenvalue weighted by atomic mass is 9.70. The van der Waals surface area contributed by atoms with E-state index in [0.717, 1.165) is 19.3 Å². The predicted molar refractivity (Wildman–Crippen MR) is 65.5 cm³/mol. The van der Waals surface area contributed by atoms with Crippen LogP contribution in [0, 0.1) is 19.3 Å². The molecule has 1 aliphatic rings. The molecule has 1 saturated carbocycles. The third kappa shape index (κ3) is 2.16. The summed E-state index contributed by atoms with van der Waals surface area (Å²) in [6, 6.07) is 1.42. The lowest BCUT2D eigenvalue weighted by Crippen LogP contribution is -2.45. The van der Waals surface area contributed by atoms with Crippen LogP contribution in [0.1, 0.15) is 37.7 Å². The number of rotatable bonds is 3. The van der Waals surface area contributed by atoms with Crippen molar-refractivity contribution in [2.45, 2.75) is 44.9 Å². The first kappa shape index (κ1) is 13.1. The zero-order chi connectivity index (χ0) is 13.6. The number of carbonyl (C=O) groups excluding carboxylic acids is 1. The molecular formula is C12H17NO4S. The fourth-order valence-corrected chi connectivity index (χ4v) is 3.45. The van der Waals surface area contributed by atoms with Gasteiger partial charge in [-0.1, -0.05) is 13.3 Å². The average Bonchev–Trinajstić information content (AvgIpc) is 2.54. The highest BCUT2D eigenvalue weighted by Gasteiger charge is 2.41. The van der Waals surface area contributed by atoms with E-state index < -0.39 is 21.3 Å². The molecule has 5 nitrogen and oxygen atoms in total. The van der Waals surface area contributed by atoms with Crippen molar-refractivity contribution in [2.75, 3.05) is 0 Å². The molecule has 1 aromatic heterocycles. The highest BCUT2D eigenvalue weighted by Crippen LogP contribution is 2.40. The second kappa shape index (κ2) is 4.12. The molecule has 0 spiro atoms. The summed E-state index contributed by atoms with van der Waals surface area (Å²) in [4.78, 5) is 12.0. The summed E-state index contributed by atoms with van der Waals surface area (Å²) in [6.07, 6.45) is 2.43. The van der Waals surface area contributed by atoms with Crippen molar-refractivity contribution in [1.29, 1.82) is 0 Å². The van der Waals surface area contributed by atoms with Crippen LogP contribution in [0.25, 0.3) is 0 Å². The number of sulfonamides is 1. The van der Waals surface area contributed by atoms with Gasteiger partial charge in [0.1, 0.15) is 16.4 Å². The molecule has 0 unspecified atom stereocenters. The van der Waals surface area contributed by atoms with E-state index in [1.807, 2.05) is 0 Å². The van der Waals surface area contributed by atoms with Gasteiger partial charge in [-0.15, -0.1) is 0 Å². The van der Waals surface area contributed by atoms with Gasteiger partial charge in [0.05, 0.1) is 0 Å². The molecule has 1 fully saturated rings. The molecule has 1 heterocycles. The van der Waals surface area contributed by atoms with E-state index in [1.165, 1.54) is 6.07 Å². The minimum atomic E-state index is -3.82. The topological polar surface area (TPSA) is 76.4 Å². The molecule has 1 aliphatic carbocycles. The lowest BCUT2D eigenvalue weighted by Gasteiger charge is -2.36. The third-order valence-electron chi connectivity index (χ3n) is 3.52. The molecule has 100 valence electrons. The van der Waals surface area contributed by atoms with Crippen LogP contribution >= 0.6 is 0 Å². The molecule has 1 N–H and O–H groups in total. The van der Waals surface area contributed by atoms with Gasteiger partial charge in [0.2, 0.25) is 5.91 Å². The quantitative estimate of drug-likeness (QED) is 0.910. The van der Waals surface area contributed by atoms with Crippen molar-refractivity contribution in [2.24, 2.45) is 5.41 Å². The summed E-state index contributed by atoms with van der Waals surface area (Å²) in [5.74, 6) is 0.383. The van der Waals surface area contributed by atoms with Crippen LogP contribution < -0.4 is 4.72 Å². The van der Waals surface area contributed by atoms with Crippen molar-refractivity contribution in [1.82, 2.24) is 4.72 Å². The molecule has 0 radical (unpaired) electrons. The molecule has 0 saturated heterocycles. The van der Waals surface area contributed by atoms with Crippen LogP contribution in [-0.4, -0.2) is 14.3 Å². The van der Waals surface area contributed by atoms with E-state index in [2.05, 4.69) is 4.72 Å². The molecule has 2 rings (SSSR count). The van der Waals surface area contributed by atoms with Gasteiger partial charge in [-0.2, -0.15) is 0 Å². The maximum atomic E-state index is 12.1. The van der Waals surface area contributed by atoms with Crippen LogP contribution in [0.5, 0.6) is 0 Å². The molecule has 1 aromatic rings. The highest BCUT2D eigenvalue weighted by molar-refractivity contribution is 7.90. The van der Waals surface area contributed by atoms with Crippen LogP contribution in [0.15, 0.2) is 15.4 Å². The van der Waals surface area contributed by atoms with E-state index in [4.69, 9.17) is 4.42 Å². The van der Waals surface area contributed by atoms with Crippen LogP contribution in [0.3, 0.4) is 0 Å². The predicted octanol–water partition coefficient (Wildman–Crippen LogP) is 1.89. The molecule has 0 aromatic carbocycles. The van der Waals surface area contributed by atoms with Gasteiger partial charge in [-0.25, -0.2) is 13.1 Å². The second-order valence-electron chi connectivity index (χ2n) is 5.13. The molecular weight excluding hydrogens is 254 g/mol. The Balaban J connectivity index is 2.22. The fourth-order valence-electron chi connectivity index (χ4n) is 2.11. The van der Waals surface area contributed by atoms with Crippen molar-refractivity contribution < 1.29 is 17.6 Å². The van der Waals surface area contributed by atoms with Gasteiger partial charge in [0.25, 0.3) is 10.0 Å². The molecule has 0 bridgehead atoms. The van der Waals surface area contributed by atoms with Gasteiger partial charge < -0.3 is 4.42 Å². The first-order valence-electron chi connectivity index (χ1n) is 5.89. The fraction of sp³-hybridized carbons (Fsp3) is 0.583. The normalized spacial score (nSPS) is 18.2. The summed E-state index contributed by atoms with van der Waals surface area (Å²) in [6.45, 7) is 5.02. The zero-order valence-electron chi connectivity index (χ0n) is 10.7. The number of hydrogen-bond acceptors (Lipinski definition) is 4. The standard InChI is InChI=1S/C12H17NO4S/c1-8-7-10(9(2)17-8)18(15,16)13-11(14)12(3)5-4-6-12/h7H,4-6H2,1-3H3,(H,13,14). The summed E-state index contributed by atoms with van der Waals surface area (Å²) in [5.41, 5.74) is -0.542.